The third-order valence-corrected chi connectivity index (χ3v) is 5.02. The molecule has 2 aromatic carbocycles. The van der Waals surface area contributed by atoms with Crippen LogP contribution in [0.4, 0.5) is 5.69 Å². The van der Waals surface area contributed by atoms with Gasteiger partial charge in [-0.15, -0.1) is 0 Å². The van der Waals surface area contributed by atoms with Crippen LogP contribution >= 0.6 is 0 Å². The van der Waals surface area contributed by atoms with Crippen molar-refractivity contribution in [2.45, 2.75) is 44.9 Å². The Hall–Kier alpha value is -2.04. The van der Waals surface area contributed by atoms with E-state index in [9.17, 15) is 10.2 Å². The number of hydrogen-bond acceptors (Lipinski definition) is 4. The molecular weight excluding hydrogens is 312 g/mol. The van der Waals surface area contributed by atoms with E-state index in [2.05, 4.69) is 35.3 Å². The van der Waals surface area contributed by atoms with Crippen LogP contribution in [0.15, 0.2) is 48.5 Å². The first-order valence-electron chi connectivity index (χ1n) is 9.20. The second kappa shape index (κ2) is 8.37. The molecule has 134 valence electrons. The molecule has 3 N–H and O–H groups in total. The second-order valence-electron chi connectivity index (χ2n) is 6.83. The van der Waals surface area contributed by atoms with Crippen molar-refractivity contribution in [1.29, 1.82) is 0 Å². The Morgan fingerprint density at radius 2 is 1.76 bits per heavy atom. The SMILES string of the molecule is CCC(Nc1ccccc1CN1CCC(O)CC1)c1ccccc1O. The van der Waals surface area contributed by atoms with Crippen LogP contribution in [0, 0.1) is 0 Å². The van der Waals surface area contributed by atoms with E-state index in [0.717, 1.165) is 50.1 Å². The molecule has 1 aliphatic heterocycles. The van der Waals surface area contributed by atoms with Crippen molar-refractivity contribution in [1.82, 2.24) is 4.90 Å². The zero-order chi connectivity index (χ0) is 17.6. The number of likely N-dealkylation sites (tertiary alicyclic amines) is 1. The molecule has 0 saturated carbocycles. The van der Waals surface area contributed by atoms with E-state index in [1.54, 1.807) is 6.07 Å². The molecule has 1 fully saturated rings. The lowest BCUT2D eigenvalue weighted by Gasteiger charge is -2.30. The number of aliphatic hydroxyl groups is 1. The van der Waals surface area contributed by atoms with Gasteiger partial charge >= 0.3 is 0 Å². The minimum Gasteiger partial charge on any atom is -0.508 e. The Kier molecular flexibility index (Phi) is 5.95. The normalized spacial score (nSPS) is 17.4. The number of piperidine rings is 1. The van der Waals surface area contributed by atoms with Crippen molar-refractivity contribution in [2.24, 2.45) is 0 Å². The summed E-state index contributed by atoms with van der Waals surface area (Å²) in [7, 11) is 0. The maximum atomic E-state index is 10.2. The van der Waals surface area contributed by atoms with Gasteiger partial charge in [0.15, 0.2) is 0 Å². The first kappa shape index (κ1) is 17.8. The number of rotatable bonds is 6. The van der Waals surface area contributed by atoms with Crippen LogP contribution in [-0.4, -0.2) is 34.3 Å². The van der Waals surface area contributed by atoms with Crippen molar-refractivity contribution in [3.05, 3.63) is 59.7 Å². The van der Waals surface area contributed by atoms with Crippen molar-refractivity contribution in [3.8, 4) is 5.75 Å². The number of anilines is 1. The van der Waals surface area contributed by atoms with E-state index in [-0.39, 0.29) is 12.1 Å². The monoisotopic (exact) mass is 340 g/mol. The number of nitrogens with zero attached hydrogens (tertiary/aromatic N) is 1. The molecule has 1 atom stereocenters. The summed E-state index contributed by atoms with van der Waals surface area (Å²) in [6.45, 7) is 4.88. The fourth-order valence-corrected chi connectivity index (χ4v) is 3.49. The Bertz CT molecular complexity index is 681. The molecular formula is C21H28N2O2. The van der Waals surface area contributed by atoms with Gasteiger partial charge in [0.05, 0.1) is 12.1 Å². The van der Waals surface area contributed by atoms with Gasteiger partial charge in [0.1, 0.15) is 5.75 Å². The van der Waals surface area contributed by atoms with Gasteiger partial charge in [-0.3, -0.25) is 4.90 Å². The number of nitrogens with one attached hydrogen (secondary N) is 1. The quantitative estimate of drug-likeness (QED) is 0.746. The van der Waals surface area contributed by atoms with E-state index >= 15 is 0 Å². The highest BCUT2D eigenvalue weighted by Gasteiger charge is 2.19. The second-order valence-corrected chi connectivity index (χ2v) is 6.83. The molecule has 3 rings (SSSR count). The molecule has 4 nitrogen and oxygen atoms in total. The molecule has 1 unspecified atom stereocenters. The van der Waals surface area contributed by atoms with E-state index < -0.39 is 0 Å². The van der Waals surface area contributed by atoms with Gasteiger partial charge in [-0.25, -0.2) is 0 Å². The summed E-state index contributed by atoms with van der Waals surface area (Å²) in [5.74, 6) is 0.337. The highest BCUT2D eigenvalue weighted by atomic mass is 16.3. The van der Waals surface area contributed by atoms with Gasteiger partial charge in [-0.1, -0.05) is 43.3 Å². The molecule has 0 aliphatic carbocycles. The summed E-state index contributed by atoms with van der Waals surface area (Å²) in [5, 5.41) is 23.5. The molecule has 0 aromatic heterocycles. The Labute approximate surface area is 150 Å². The van der Waals surface area contributed by atoms with Crippen LogP contribution < -0.4 is 5.32 Å². The number of aliphatic hydroxyl groups excluding tert-OH is 1. The highest BCUT2D eigenvalue weighted by molar-refractivity contribution is 5.53. The van der Waals surface area contributed by atoms with Crippen LogP contribution in [0.5, 0.6) is 5.75 Å². The lowest BCUT2D eigenvalue weighted by molar-refractivity contribution is 0.0793. The van der Waals surface area contributed by atoms with Crippen molar-refractivity contribution in [3.63, 3.8) is 0 Å². The topological polar surface area (TPSA) is 55.7 Å². The molecule has 1 aliphatic rings. The Morgan fingerprint density at radius 1 is 1.08 bits per heavy atom. The molecule has 2 aromatic rings. The largest absolute Gasteiger partial charge is 0.508 e. The predicted octanol–water partition coefficient (Wildman–Crippen LogP) is 3.91. The third-order valence-electron chi connectivity index (χ3n) is 5.02. The number of phenols is 1. The summed E-state index contributed by atoms with van der Waals surface area (Å²) < 4.78 is 0. The summed E-state index contributed by atoms with van der Waals surface area (Å²) in [5.41, 5.74) is 3.30. The van der Waals surface area contributed by atoms with Crippen molar-refractivity contribution >= 4 is 5.69 Å². The number of para-hydroxylation sites is 2. The van der Waals surface area contributed by atoms with Gasteiger partial charge in [0, 0.05) is 30.9 Å². The minimum atomic E-state index is -0.143. The third kappa shape index (κ3) is 4.53. The van der Waals surface area contributed by atoms with E-state index in [4.69, 9.17) is 0 Å². The van der Waals surface area contributed by atoms with Crippen LogP contribution in [-0.2, 0) is 6.54 Å². The maximum Gasteiger partial charge on any atom is 0.120 e. The average molecular weight is 340 g/mol. The Morgan fingerprint density at radius 3 is 2.48 bits per heavy atom. The first-order chi connectivity index (χ1) is 12.2. The Balaban J connectivity index is 1.75. The van der Waals surface area contributed by atoms with E-state index in [1.165, 1.54) is 5.56 Å². The molecule has 0 spiro atoms. The summed E-state index contributed by atoms with van der Waals surface area (Å²) in [6, 6.07) is 16.0. The highest BCUT2D eigenvalue weighted by Crippen LogP contribution is 2.31. The summed E-state index contributed by atoms with van der Waals surface area (Å²) in [4.78, 5) is 2.40. The molecule has 25 heavy (non-hydrogen) atoms. The molecule has 1 saturated heterocycles. The summed E-state index contributed by atoms with van der Waals surface area (Å²) >= 11 is 0. The van der Waals surface area contributed by atoms with Gasteiger partial charge in [0.2, 0.25) is 0 Å². The number of aromatic hydroxyl groups is 1. The maximum absolute atomic E-state index is 10.2. The van der Waals surface area contributed by atoms with Crippen LogP contribution in [0.25, 0.3) is 0 Å². The average Bonchev–Trinajstić information content (AvgIpc) is 2.63. The van der Waals surface area contributed by atoms with Gasteiger partial charge in [-0.05, 0) is 37.0 Å². The smallest absolute Gasteiger partial charge is 0.120 e. The van der Waals surface area contributed by atoms with Gasteiger partial charge in [-0.2, -0.15) is 0 Å². The number of benzene rings is 2. The lowest BCUT2D eigenvalue weighted by Crippen LogP contribution is -2.35. The van der Waals surface area contributed by atoms with Crippen molar-refractivity contribution in [2.75, 3.05) is 18.4 Å². The molecule has 0 amide bonds. The predicted molar refractivity (Wildman–Crippen MR) is 102 cm³/mol. The zero-order valence-electron chi connectivity index (χ0n) is 14.9. The van der Waals surface area contributed by atoms with Crippen LogP contribution in [0.1, 0.15) is 43.4 Å². The van der Waals surface area contributed by atoms with Crippen LogP contribution in [0.3, 0.4) is 0 Å². The fraction of sp³-hybridized carbons (Fsp3) is 0.429. The van der Waals surface area contributed by atoms with Gasteiger partial charge < -0.3 is 15.5 Å². The number of phenolic OH excluding ortho intramolecular Hbond substituents is 1. The standard InChI is InChI=1S/C21H28N2O2/c1-2-19(18-8-4-6-10-21(18)25)22-20-9-5-3-7-16(20)15-23-13-11-17(24)12-14-23/h3-10,17,19,22,24-25H,2,11-15H2,1H3. The minimum absolute atomic E-state index is 0.0746. The summed E-state index contributed by atoms with van der Waals surface area (Å²) in [6.07, 6.45) is 2.45. The lowest BCUT2D eigenvalue weighted by atomic mass is 10.0. The molecule has 1 heterocycles. The van der Waals surface area contributed by atoms with Crippen LogP contribution in [0.2, 0.25) is 0 Å². The molecule has 0 radical (unpaired) electrons. The first-order valence-corrected chi connectivity index (χ1v) is 9.20. The zero-order valence-corrected chi connectivity index (χ0v) is 14.9. The molecule has 0 bridgehead atoms. The van der Waals surface area contributed by atoms with Crippen molar-refractivity contribution < 1.29 is 10.2 Å². The molecule has 4 heteroatoms. The number of hydrogen-bond donors (Lipinski definition) is 3. The van der Waals surface area contributed by atoms with E-state index in [0.29, 0.717) is 5.75 Å². The van der Waals surface area contributed by atoms with E-state index in [1.807, 2.05) is 24.3 Å². The van der Waals surface area contributed by atoms with Gasteiger partial charge in [0.25, 0.3) is 0 Å². The fourth-order valence-electron chi connectivity index (χ4n) is 3.49.